The van der Waals surface area contributed by atoms with Crippen LogP contribution in [0.1, 0.15) is 51.7 Å². The van der Waals surface area contributed by atoms with Gasteiger partial charge in [-0.05, 0) is 50.2 Å². The molecule has 0 unspecified atom stereocenters. The van der Waals surface area contributed by atoms with Gasteiger partial charge in [0.25, 0.3) is 11.8 Å². The first kappa shape index (κ1) is 17.5. The van der Waals surface area contributed by atoms with Crippen LogP contribution in [0.2, 0.25) is 5.02 Å². The SMILES string of the molecule is CC1(C)Oc2ccc(C#N)cc2[C@@H](N2C(=O)c3ccc(Cl)cc3C2=O)[C@@H]1O. The number of fused-ring (bicyclic) bond motifs is 2. The number of benzene rings is 2. The second kappa shape index (κ2) is 5.81. The van der Waals surface area contributed by atoms with Gasteiger partial charge in [-0.1, -0.05) is 11.6 Å². The summed E-state index contributed by atoms with van der Waals surface area (Å²) in [6.07, 6.45) is -1.18. The third kappa shape index (κ3) is 2.51. The van der Waals surface area contributed by atoms with E-state index in [-0.39, 0.29) is 11.1 Å². The Morgan fingerprint density at radius 1 is 1.15 bits per heavy atom. The highest BCUT2D eigenvalue weighted by Gasteiger charge is 2.51. The van der Waals surface area contributed by atoms with Gasteiger partial charge in [-0.2, -0.15) is 5.26 Å². The normalized spacial score (nSPS) is 22.7. The molecule has 0 bridgehead atoms. The van der Waals surface area contributed by atoms with E-state index in [0.717, 1.165) is 4.90 Å². The zero-order chi connectivity index (χ0) is 19.5. The minimum Gasteiger partial charge on any atom is -0.485 e. The maximum Gasteiger partial charge on any atom is 0.262 e. The molecule has 2 amide bonds. The first-order valence-electron chi connectivity index (χ1n) is 8.33. The molecule has 0 aromatic heterocycles. The molecule has 2 heterocycles. The van der Waals surface area contributed by atoms with E-state index in [9.17, 15) is 20.0 Å². The van der Waals surface area contributed by atoms with Gasteiger partial charge in [-0.15, -0.1) is 0 Å². The molecule has 0 saturated heterocycles. The standard InChI is InChI=1S/C20H15ClN2O4/c1-20(2)17(24)16(14-7-10(9-22)3-6-15(14)27-20)23-18(25)12-5-4-11(21)8-13(12)19(23)26/h3-8,16-17,24H,1-2H3/t16-,17+/m1/s1. The van der Waals surface area contributed by atoms with Crippen molar-refractivity contribution in [2.24, 2.45) is 0 Å². The molecule has 0 saturated carbocycles. The topological polar surface area (TPSA) is 90.6 Å². The molecule has 27 heavy (non-hydrogen) atoms. The van der Waals surface area contributed by atoms with Crippen molar-refractivity contribution in [1.29, 1.82) is 5.26 Å². The van der Waals surface area contributed by atoms with Crippen molar-refractivity contribution in [3.63, 3.8) is 0 Å². The van der Waals surface area contributed by atoms with Crippen molar-refractivity contribution in [3.8, 4) is 11.8 Å². The molecule has 0 aliphatic carbocycles. The van der Waals surface area contributed by atoms with E-state index in [1.54, 1.807) is 32.0 Å². The number of nitrogens with zero attached hydrogens (tertiary/aromatic N) is 2. The average molecular weight is 383 g/mol. The third-order valence-corrected chi connectivity index (χ3v) is 5.24. The van der Waals surface area contributed by atoms with Crippen LogP contribution in [0.25, 0.3) is 0 Å². The van der Waals surface area contributed by atoms with Crippen molar-refractivity contribution < 1.29 is 19.4 Å². The van der Waals surface area contributed by atoms with E-state index in [1.807, 2.05) is 6.07 Å². The number of carbonyl (C=O) groups is 2. The number of amides is 2. The highest BCUT2D eigenvalue weighted by Crippen LogP contribution is 2.45. The summed E-state index contributed by atoms with van der Waals surface area (Å²) in [5.41, 5.74) is 0.148. The smallest absolute Gasteiger partial charge is 0.262 e. The van der Waals surface area contributed by atoms with E-state index in [2.05, 4.69) is 0 Å². The van der Waals surface area contributed by atoms with Gasteiger partial charge in [0.2, 0.25) is 0 Å². The van der Waals surface area contributed by atoms with Gasteiger partial charge in [0, 0.05) is 10.6 Å². The summed E-state index contributed by atoms with van der Waals surface area (Å²) in [5.74, 6) is -0.627. The van der Waals surface area contributed by atoms with Crippen LogP contribution in [-0.2, 0) is 0 Å². The molecule has 2 atom stereocenters. The summed E-state index contributed by atoms with van der Waals surface area (Å²) >= 11 is 5.98. The highest BCUT2D eigenvalue weighted by atomic mass is 35.5. The summed E-state index contributed by atoms with van der Waals surface area (Å²) < 4.78 is 5.86. The lowest BCUT2D eigenvalue weighted by atomic mass is 9.85. The predicted octanol–water partition coefficient (Wildman–Crippen LogP) is 3.08. The largest absolute Gasteiger partial charge is 0.485 e. The van der Waals surface area contributed by atoms with Crippen molar-refractivity contribution in [1.82, 2.24) is 4.90 Å². The highest BCUT2D eigenvalue weighted by molar-refractivity contribution is 6.32. The minimum absolute atomic E-state index is 0.196. The maximum absolute atomic E-state index is 13.0. The zero-order valence-corrected chi connectivity index (χ0v) is 15.3. The molecule has 0 radical (unpaired) electrons. The molecular formula is C20H15ClN2O4. The molecule has 4 rings (SSSR count). The van der Waals surface area contributed by atoms with Gasteiger partial charge < -0.3 is 9.84 Å². The van der Waals surface area contributed by atoms with Gasteiger partial charge >= 0.3 is 0 Å². The molecule has 2 aliphatic heterocycles. The Kier molecular flexibility index (Phi) is 3.77. The number of hydrogen-bond acceptors (Lipinski definition) is 5. The fourth-order valence-electron chi connectivity index (χ4n) is 3.60. The van der Waals surface area contributed by atoms with Gasteiger partial charge in [0.15, 0.2) is 0 Å². The Labute approximate surface area is 160 Å². The number of halogens is 1. The van der Waals surface area contributed by atoms with Gasteiger partial charge in [-0.3, -0.25) is 14.5 Å². The number of hydrogen-bond donors (Lipinski definition) is 1. The van der Waals surface area contributed by atoms with Crippen LogP contribution in [0, 0.1) is 11.3 Å². The quantitative estimate of drug-likeness (QED) is 0.765. The number of rotatable bonds is 1. The number of imide groups is 1. The molecule has 136 valence electrons. The Bertz CT molecular complexity index is 1040. The van der Waals surface area contributed by atoms with Crippen LogP contribution in [-0.4, -0.2) is 33.5 Å². The second-order valence-electron chi connectivity index (χ2n) is 7.13. The van der Waals surface area contributed by atoms with Crippen molar-refractivity contribution in [3.05, 3.63) is 63.7 Å². The van der Waals surface area contributed by atoms with Crippen LogP contribution in [0.5, 0.6) is 5.75 Å². The summed E-state index contributed by atoms with van der Waals surface area (Å²) in [6.45, 7) is 3.36. The van der Waals surface area contributed by atoms with Gasteiger partial charge in [0.1, 0.15) is 17.5 Å². The van der Waals surface area contributed by atoms with E-state index in [1.165, 1.54) is 18.2 Å². The lowest BCUT2D eigenvalue weighted by Crippen LogP contribution is -2.54. The maximum atomic E-state index is 13.0. The van der Waals surface area contributed by atoms with Crippen LogP contribution in [0.4, 0.5) is 0 Å². The number of aliphatic hydroxyl groups excluding tert-OH is 1. The lowest BCUT2D eigenvalue weighted by Gasteiger charge is -2.44. The molecule has 0 fully saturated rings. The van der Waals surface area contributed by atoms with Crippen molar-refractivity contribution in [2.45, 2.75) is 31.6 Å². The Balaban J connectivity index is 1.90. The van der Waals surface area contributed by atoms with E-state index in [4.69, 9.17) is 16.3 Å². The van der Waals surface area contributed by atoms with Crippen LogP contribution in [0.3, 0.4) is 0 Å². The van der Waals surface area contributed by atoms with Crippen molar-refractivity contribution in [2.75, 3.05) is 0 Å². The number of nitriles is 1. The summed E-state index contributed by atoms with van der Waals surface area (Å²) in [6, 6.07) is 10.3. The molecule has 2 aromatic carbocycles. The number of ether oxygens (including phenoxy) is 1. The number of aliphatic hydroxyl groups is 1. The molecule has 7 heteroatoms. The molecule has 2 aliphatic rings. The minimum atomic E-state index is -1.18. The van der Waals surface area contributed by atoms with Crippen LogP contribution < -0.4 is 4.74 Å². The first-order valence-corrected chi connectivity index (χ1v) is 8.71. The lowest BCUT2D eigenvalue weighted by molar-refractivity contribution is -0.0806. The predicted molar refractivity (Wildman–Crippen MR) is 96.6 cm³/mol. The molecule has 1 N–H and O–H groups in total. The van der Waals surface area contributed by atoms with E-state index >= 15 is 0 Å². The molecular weight excluding hydrogens is 368 g/mol. The first-order chi connectivity index (χ1) is 12.7. The van der Waals surface area contributed by atoms with Crippen LogP contribution >= 0.6 is 11.6 Å². The Hall–Kier alpha value is -2.88. The zero-order valence-electron chi connectivity index (χ0n) is 14.6. The van der Waals surface area contributed by atoms with E-state index in [0.29, 0.717) is 21.9 Å². The monoisotopic (exact) mass is 382 g/mol. The average Bonchev–Trinajstić information content (AvgIpc) is 2.86. The van der Waals surface area contributed by atoms with Gasteiger partial charge in [0.05, 0.1) is 28.8 Å². The number of carbonyl (C=O) groups excluding carboxylic acids is 2. The summed E-state index contributed by atoms with van der Waals surface area (Å²) in [4.78, 5) is 27.0. The fraction of sp³-hybridized carbons (Fsp3) is 0.250. The van der Waals surface area contributed by atoms with Crippen molar-refractivity contribution >= 4 is 23.4 Å². The molecule has 0 spiro atoms. The molecule has 2 aromatic rings. The molecule has 6 nitrogen and oxygen atoms in total. The van der Waals surface area contributed by atoms with Gasteiger partial charge in [-0.25, -0.2) is 0 Å². The Morgan fingerprint density at radius 2 is 1.85 bits per heavy atom. The summed E-state index contributed by atoms with van der Waals surface area (Å²) in [7, 11) is 0. The Morgan fingerprint density at radius 3 is 2.56 bits per heavy atom. The van der Waals surface area contributed by atoms with E-state index < -0.39 is 29.6 Å². The second-order valence-corrected chi connectivity index (χ2v) is 7.57. The fourth-order valence-corrected chi connectivity index (χ4v) is 3.77. The van der Waals surface area contributed by atoms with Crippen LogP contribution in [0.15, 0.2) is 36.4 Å². The third-order valence-electron chi connectivity index (χ3n) is 5.00. The summed E-state index contributed by atoms with van der Waals surface area (Å²) in [5, 5.41) is 20.5.